The molecular formula is C18H25Br7O3. The number of aliphatic hydroxyl groups excluding tert-OH is 1. The van der Waals surface area contributed by atoms with E-state index in [0.717, 1.165) is 38.5 Å². The van der Waals surface area contributed by atoms with Gasteiger partial charge >= 0.3 is 0 Å². The molecule has 3 rings (SSSR count). The lowest BCUT2D eigenvalue weighted by atomic mass is 9.91. The molecule has 0 aromatic carbocycles. The second-order valence-electron chi connectivity index (χ2n) is 8.04. The second kappa shape index (κ2) is 11.6. The number of halogens is 7. The van der Waals surface area contributed by atoms with Crippen molar-refractivity contribution in [1.29, 1.82) is 0 Å². The van der Waals surface area contributed by atoms with Crippen molar-refractivity contribution in [3.05, 3.63) is 0 Å². The molecule has 164 valence electrons. The Morgan fingerprint density at radius 2 is 0.821 bits per heavy atom. The van der Waals surface area contributed by atoms with Gasteiger partial charge in [-0.05, 0) is 38.5 Å². The van der Waals surface area contributed by atoms with Crippen molar-refractivity contribution in [3.8, 4) is 0 Å². The van der Waals surface area contributed by atoms with Crippen LogP contribution in [0, 0.1) is 0 Å². The molecule has 10 heteroatoms. The highest BCUT2D eigenvalue weighted by Gasteiger charge is 2.43. The molecule has 0 amide bonds. The van der Waals surface area contributed by atoms with E-state index in [9.17, 15) is 5.11 Å². The van der Waals surface area contributed by atoms with Crippen molar-refractivity contribution in [2.24, 2.45) is 0 Å². The third-order valence-corrected chi connectivity index (χ3v) is 11.9. The molecule has 3 nitrogen and oxygen atoms in total. The van der Waals surface area contributed by atoms with Gasteiger partial charge in [0.15, 0.2) is 0 Å². The fourth-order valence-electron chi connectivity index (χ4n) is 4.28. The first-order chi connectivity index (χ1) is 13.2. The Labute approximate surface area is 226 Å². The largest absolute Gasteiger partial charge is 0.391 e. The molecule has 0 aromatic heterocycles. The van der Waals surface area contributed by atoms with E-state index < -0.39 is 0 Å². The molecule has 6 atom stereocenters. The molecule has 0 heterocycles. The highest BCUT2D eigenvalue weighted by molar-refractivity contribution is 9.11. The first-order valence-electron chi connectivity index (χ1n) is 9.63. The highest BCUT2D eigenvalue weighted by atomic mass is 79.9. The van der Waals surface area contributed by atoms with E-state index in [1.54, 1.807) is 0 Å². The summed E-state index contributed by atoms with van der Waals surface area (Å²) in [4.78, 5) is 1.84. The standard InChI is InChI=1S/C18H25Br7O3/c19-7-1-12(22)17(13(23)2-7)28-9-5-14(24)18(15(25)6-9)27-8-3-10(20)16(26)11(21)4-8/h7-18,26H,1-6H2. The average Bonchev–Trinajstić information content (AvgIpc) is 2.59. The second-order valence-corrected chi connectivity index (χ2v) is 16.4. The maximum atomic E-state index is 10.1. The topological polar surface area (TPSA) is 38.7 Å². The first kappa shape index (κ1) is 25.9. The Hall–Kier alpha value is 3.24. The van der Waals surface area contributed by atoms with Crippen LogP contribution >= 0.6 is 112 Å². The maximum absolute atomic E-state index is 10.1. The number of aliphatic hydroxyl groups is 1. The van der Waals surface area contributed by atoms with E-state index in [-0.39, 0.29) is 49.8 Å². The van der Waals surface area contributed by atoms with Gasteiger partial charge in [0.25, 0.3) is 0 Å². The summed E-state index contributed by atoms with van der Waals surface area (Å²) >= 11 is 26.3. The van der Waals surface area contributed by atoms with Gasteiger partial charge in [-0.15, -0.1) is 0 Å². The first-order valence-corrected chi connectivity index (χ1v) is 16.0. The molecule has 0 radical (unpaired) electrons. The van der Waals surface area contributed by atoms with Crippen molar-refractivity contribution in [3.63, 3.8) is 0 Å². The van der Waals surface area contributed by atoms with Crippen LogP contribution in [-0.2, 0) is 9.47 Å². The molecule has 0 aliphatic heterocycles. The lowest BCUT2D eigenvalue weighted by Gasteiger charge is -2.43. The van der Waals surface area contributed by atoms with Gasteiger partial charge in [-0.25, -0.2) is 0 Å². The molecule has 0 aromatic rings. The summed E-state index contributed by atoms with van der Waals surface area (Å²) in [6.07, 6.45) is 5.92. The van der Waals surface area contributed by atoms with Crippen LogP contribution in [0.4, 0.5) is 0 Å². The average molecular weight is 849 g/mol. The van der Waals surface area contributed by atoms with E-state index in [0.29, 0.717) is 14.5 Å². The van der Waals surface area contributed by atoms with Crippen molar-refractivity contribution in [1.82, 2.24) is 0 Å². The Kier molecular flexibility index (Phi) is 10.7. The summed E-state index contributed by atoms with van der Waals surface area (Å²) in [5, 5.41) is 10.1. The fourth-order valence-corrected chi connectivity index (χ4v) is 12.6. The Morgan fingerprint density at radius 1 is 0.500 bits per heavy atom. The van der Waals surface area contributed by atoms with Crippen LogP contribution in [-0.4, -0.2) is 69.4 Å². The third kappa shape index (κ3) is 6.64. The van der Waals surface area contributed by atoms with Gasteiger partial charge in [-0.2, -0.15) is 0 Å². The molecule has 0 saturated heterocycles. The Bertz CT molecular complexity index is 480. The number of alkyl halides is 7. The summed E-state index contributed by atoms with van der Waals surface area (Å²) in [7, 11) is 0. The number of rotatable bonds is 4. The zero-order chi connectivity index (χ0) is 20.6. The Morgan fingerprint density at radius 3 is 1.21 bits per heavy atom. The smallest absolute Gasteiger partial charge is 0.0830 e. The molecule has 0 spiro atoms. The van der Waals surface area contributed by atoms with Gasteiger partial charge in [-0.1, -0.05) is 112 Å². The third-order valence-electron chi connectivity index (χ3n) is 5.78. The van der Waals surface area contributed by atoms with Crippen LogP contribution in [0.25, 0.3) is 0 Å². The quantitative estimate of drug-likeness (QED) is 0.326. The van der Waals surface area contributed by atoms with Gasteiger partial charge in [0.2, 0.25) is 0 Å². The van der Waals surface area contributed by atoms with Crippen LogP contribution in [0.1, 0.15) is 38.5 Å². The van der Waals surface area contributed by atoms with E-state index in [1.807, 2.05) is 0 Å². The van der Waals surface area contributed by atoms with Crippen LogP contribution in [0.3, 0.4) is 0 Å². The lowest BCUT2D eigenvalue weighted by Crippen LogP contribution is -2.50. The Balaban J connectivity index is 1.54. The van der Waals surface area contributed by atoms with Crippen LogP contribution in [0.5, 0.6) is 0 Å². The predicted molar refractivity (Wildman–Crippen MR) is 140 cm³/mol. The normalized spacial score (nSPS) is 53.1. The lowest BCUT2D eigenvalue weighted by molar-refractivity contribution is -0.0839. The van der Waals surface area contributed by atoms with Crippen molar-refractivity contribution < 1.29 is 14.6 Å². The van der Waals surface area contributed by atoms with E-state index in [1.165, 1.54) is 0 Å². The molecule has 3 fully saturated rings. The number of ether oxygens (including phenoxy) is 2. The highest BCUT2D eigenvalue weighted by Crippen LogP contribution is 2.41. The molecule has 6 unspecified atom stereocenters. The van der Waals surface area contributed by atoms with Gasteiger partial charge in [0.05, 0.1) is 30.5 Å². The minimum absolute atomic E-state index is 0.0640. The molecular weight excluding hydrogens is 824 g/mol. The van der Waals surface area contributed by atoms with Crippen molar-refractivity contribution >= 4 is 112 Å². The molecule has 0 bridgehead atoms. The minimum Gasteiger partial charge on any atom is -0.391 e. The SMILES string of the molecule is OC1C(Br)CC(OC2C(Br)CC(OC3C(Br)CC(Br)CC3Br)CC2Br)CC1Br. The van der Waals surface area contributed by atoms with Gasteiger partial charge in [0, 0.05) is 33.8 Å². The van der Waals surface area contributed by atoms with Crippen LogP contribution < -0.4 is 0 Å². The summed E-state index contributed by atoms with van der Waals surface area (Å²) in [6.45, 7) is 0. The summed E-state index contributed by atoms with van der Waals surface area (Å²) in [5.41, 5.74) is 0. The monoisotopic (exact) mass is 842 g/mol. The molecule has 3 aliphatic carbocycles. The fraction of sp³-hybridized carbons (Fsp3) is 1.00. The van der Waals surface area contributed by atoms with E-state index in [2.05, 4.69) is 112 Å². The van der Waals surface area contributed by atoms with Crippen LogP contribution in [0.15, 0.2) is 0 Å². The van der Waals surface area contributed by atoms with E-state index in [4.69, 9.17) is 9.47 Å². The minimum atomic E-state index is -0.368. The van der Waals surface area contributed by atoms with Crippen LogP contribution in [0.2, 0.25) is 0 Å². The van der Waals surface area contributed by atoms with Gasteiger partial charge < -0.3 is 14.6 Å². The van der Waals surface area contributed by atoms with Crippen molar-refractivity contribution in [2.45, 2.75) is 103 Å². The van der Waals surface area contributed by atoms with E-state index >= 15 is 0 Å². The summed E-state index contributed by atoms with van der Waals surface area (Å²) in [6, 6.07) is 0. The maximum Gasteiger partial charge on any atom is 0.0830 e. The molecule has 3 saturated carbocycles. The summed E-state index contributed by atoms with van der Waals surface area (Å²) in [5.74, 6) is 0. The zero-order valence-corrected chi connectivity index (χ0v) is 26.2. The van der Waals surface area contributed by atoms with Crippen molar-refractivity contribution in [2.75, 3.05) is 0 Å². The zero-order valence-electron chi connectivity index (χ0n) is 15.1. The predicted octanol–water partition coefficient (Wildman–Crippen LogP) is 6.58. The molecule has 3 aliphatic rings. The molecule has 1 N–H and O–H groups in total. The summed E-state index contributed by atoms with van der Waals surface area (Å²) < 4.78 is 13.0. The van der Waals surface area contributed by atoms with Gasteiger partial charge in [0.1, 0.15) is 0 Å². The number of hydrogen-bond donors (Lipinski definition) is 1. The van der Waals surface area contributed by atoms with Gasteiger partial charge in [-0.3, -0.25) is 0 Å². The number of hydrogen-bond acceptors (Lipinski definition) is 3. The molecule has 28 heavy (non-hydrogen) atoms.